The fourth-order valence-corrected chi connectivity index (χ4v) is 2.87. The zero-order chi connectivity index (χ0) is 14.2. The lowest BCUT2D eigenvalue weighted by atomic mass is 10.0. The molecule has 0 aliphatic heterocycles. The van der Waals surface area contributed by atoms with Gasteiger partial charge in [-0.2, -0.15) is 0 Å². The molecule has 20 heavy (non-hydrogen) atoms. The minimum Gasteiger partial charge on any atom is -0.497 e. The van der Waals surface area contributed by atoms with Crippen LogP contribution in [0.15, 0.2) is 59.5 Å². The molecule has 2 nitrogen and oxygen atoms in total. The van der Waals surface area contributed by atoms with E-state index in [2.05, 4.69) is 12.1 Å². The molecule has 1 atom stereocenters. The summed E-state index contributed by atoms with van der Waals surface area (Å²) in [5.74, 6) is 1.69. The molecule has 0 spiro atoms. The summed E-state index contributed by atoms with van der Waals surface area (Å²) < 4.78 is 5.13. The molecule has 0 aliphatic rings. The van der Waals surface area contributed by atoms with Gasteiger partial charge in [-0.3, -0.25) is 0 Å². The molecule has 0 bridgehead atoms. The largest absolute Gasteiger partial charge is 0.497 e. The first kappa shape index (κ1) is 14.7. The highest BCUT2D eigenvalue weighted by atomic mass is 32.2. The van der Waals surface area contributed by atoms with Crippen LogP contribution in [-0.2, 0) is 11.2 Å². The maximum Gasteiger partial charge on any atom is 0.124 e. The number of carbonyl (C=O) groups is 1. The Bertz CT molecular complexity index is 522. The first-order valence-corrected chi connectivity index (χ1v) is 7.56. The summed E-state index contributed by atoms with van der Waals surface area (Å²) >= 11 is 1.70. The number of ether oxygens (including phenoxy) is 1. The lowest BCUT2D eigenvalue weighted by Crippen LogP contribution is -2.09. The number of benzene rings is 2. The Hall–Kier alpha value is -1.74. The zero-order valence-electron chi connectivity index (χ0n) is 11.5. The second-order valence-electron chi connectivity index (χ2n) is 4.57. The molecule has 0 radical (unpaired) electrons. The van der Waals surface area contributed by atoms with E-state index in [0.717, 1.165) is 29.1 Å². The van der Waals surface area contributed by atoms with Crippen LogP contribution in [0.3, 0.4) is 0 Å². The highest BCUT2D eigenvalue weighted by Crippen LogP contribution is 2.24. The Morgan fingerprint density at radius 2 is 1.80 bits per heavy atom. The Morgan fingerprint density at radius 1 is 1.10 bits per heavy atom. The Balaban J connectivity index is 1.88. The average molecular weight is 286 g/mol. The minimum atomic E-state index is 0.0458. The molecule has 0 saturated carbocycles. The first-order chi connectivity index (χ1) is 9.81. The molecule has 3 heteroatoms. The second kappa shape index (κ2) is 7.75. The smallest absolute Gasteiger partial charge is 0.124 e. The predicted molar refractivity (Wildman–Crippen MR) is 83.4 cm³/mol. The van der Waals surface area contributed by atoms with Gasteiger partial charge in [0.15, 0.2) is 0 Å². The molecular weight excluding hydrogens is 268 g/mol. The predicted octanol–water partition coefficient (Wildman–Crippen LogP) is 3.85. The van der Waals surface area contributed by atoms with Crippen LogP contribution < -0.4 is 4.74 Å². The molecule has 104 valence electrons. The van der Waals surface area contributed by atoms with Gasteiger partial charge in [-0.1, -0.05) is 30.3 Å². The van der Waals surface area contributed by atoms with Crippen molar-refractivity contribution in [1.82, 2.24) is 0 Å². The Kier molecular flexibility index (Phi) is 5.69. The van der Waals surface area contributed by atoms with E-state index < -0.39 is 0 Å². The number of hydrogen-bond acceptors (Lipinski definition) is 3. The number of hydrogen-bond donors (Lipinski definition) is 0. The van der Waals surface area contributed by atoms with Crippen molar-refractivity contribution in [3.63, 3.8) is 0 Å². The van der Waals surface area contributed by atoms with Crippen LogP contribution in [0, 0.1) is 5.92 Å². The van der Waals surface area contributed by atoms with Gasteiger partial charge in [0, 0.05) is 16.6 Å². The van der Waals surface area contributed by atoms with E-state index in [9.17, 15) is 4.79 Å². The lowest BCUT2D eigenvalue weighted by Gasteiger charge is -2.10. The number of carbonyl (C=O) groups excluding carboxylic acids is 1. The van der Waals surface area contributed by atoms with Gasteiger partial charge >= 0.3 is 0 Å². The van der Waals surface area contributed by atoms with E-state index in [1.54, 1.807) is 18.9 Å². The Labute approximate surface area is 124 Å². The van der Waals surface area contributed by atoms with Crippen LogP contribution in [-0.4, -0.2) is 19.1 Å². The van der Waals surface area contributed by atoms with E-state index in [1.165, 1.54) is 5.56 Å². The molecule has 0 fully saturated rings. The van der Waals surface area contributed by atoms with Crippen molar-refractivity contribution >= 4 is 18.0 Å². The van der Waals surface area contributed by atoms with E-state index in [4.69, 9.17) is 4.74 Å². The molecule has 0 saturated heterocycles. The maximum atomic E-state index is 11.2. The summed E-state index contributed by atoms with van der Waals surface area (Å²) in [5, 5.41) is 0. The summed E-state index contributed by atoms with van der Waals surface area (Å²) in [7, 11) is 1.66. The third-order valence-corrected chi connectivity index (χ3v) is 4.26. The van der Waals surface area contributed by atoms with Gasteiger partial charge in [0.1, 0.15) is 12.0 Å². The van der Waals surface area contributed by atoms with Crippen LogP contribution in [0.5, 0.6) is 5.75 Å². The fourth-order valence-electron chi connectivity index (χ4n) is 1.94. The van der Waals surface area contributed by atoms with E-state index >= 15 is 0 Å². The SMILES string of the molecule is COc1ccc(SCC(C=O)Cc2ccccc2)cc1. The summed E-state index contributed by atoms with van der Waals surface area (Å²) in [4.78, 5) is 12.4. The van der Waals surface area contributed by atoms with Gasteiger partial charge in [-0.15, -0.1) is 11.8 Å². The molecule has 0 heterocycles. The lowest BCUT2D eigenvalue weighted by molar-refractivity contribution is -0.110. The first-order valence-electron chi connectivity index (χ1n) is 6.58. The molecular formula is C17H18O2S. The van der Waals surface area contributed by atoms with Gasteiger partial charge in [0.05, 0.1) is 7.11 Å². The van der Waals surface area contributed by atoms with E-state index in [-0.39, 0.29) is 5.92 Å². The molecule has 0 N–H and O–H groups in total. The Morgan fingerprint density at radius 3 is 2.40 bits per heavy atom. The molecule has 0 amide bonds. The monoisotopic (exact) mass is 286 g/mol. The van der Waals surface area contributed by atoms with Crippen LogP contribution in [0.25, 0.3) is 0 Å². The van der Waals surface area contributed by atoms with Crippen molar-refractivity contribution in [2.75, 3.05) is 12.9 Å². The van der Waals surface area contributed by atoms with Gasteiger partial charge < -0.3 is 9.53 Å². The standard InChI is InChI=1S/C17H18O2S/c1-19-16-7-9-17(10-8-16)20-13-15(12-18)11-14-5-3-2-4-6-14/h2-10,12,15H,11,13H2,1H3. The van der Waals surface area contributed by atoms with Gasteiger partial charge in [-0.05, 0) is 36.2 Å². The average Bonchev–Trinajstić information content (AvgIpc) is 2.53. The van der Waals surface area contributed by atoms with Crippen molar-refractivity contribution in [2.45, 2.75) is 11.3 Å². The second-order valence-corrected chi connectivity index (χ2v) is 5.67. The number of aldehydes is 1. The van der Waals surface area contributed by atoms with Gasteiger partial charge in [0.2, 0.25) is 0 Å². The van der Waals surface area contributed by atoms with E-state index in [0.29, 0.717) is 0 Å². The van der Waals surface area contributed by atoms with Crippen molar-refractivity contribution in [1.29, 1.82) is 0 Å². The van der Waals surface area contributed by atoms with Crippen LogP contribution in [0.2, 0.25) is 0 Å². The van der Waals surface area contributed by atoms with Gasteiger partial charge in [0.25, 0.3) is 0 Å². The zero-order valence-corrected chi connectivity index (χ0v) is 12.3. The third-order valence-electron chi connectivity index (χ3n) is 3.06. The third kappa shape index (κ3) is 4.42. The van der Waals surface area contributed by atoms with Crippen molar-refractivity contribution in [2.24, 2.45) is 5.92 Å². The summed E-state index contributed by atoms with van der Waals surface area (Å²) in [6.07, 6.45) is 1.86. The number of rotatable bonds is 7. The topological polar surface area (TPSA) is 26.3 Å². The summed E-state index contributed by atoms with van der Waals surface area (Å²) in [6.45, 7) is 0. The quantitative estimate of drug-likeness (QED) is 0.571. The highest BCUT2D eigenvalue weighted by molar-refractivity contribution is 7.99. The van der Waals surface area contributed by atoms with Gasteiger partial charge in [-0.25, -0.2) is 0 Å². The van der Waals surface area contributed by atoms with Crippen LogP contribution in [0.1, 0.15) is 5.56 Å². The minimum absolute atomic E-state index is 0.0458. The van der Waals surface area contributed by atoms with Crippen molar-refractivity contribution in [3.05, 3.63) is 60.2 Å². The maximum absolute atomic E-state index is 11.2. The molecule has 0 aromatic heterocycles. The van der Waals surface area contributed by atoms with Crippen LogP contribution >= 0.6 is 11.8 Å². The summed E-state index contributed by atoms with van der Waals surface area (Å²) in [5.41, 5.74) is 1.21. The molecule has 2 aromatic carbocycles. The summed E-state index contributed by atoms with van der Waals surface area (Å²) in [6, 6.07) is 18.1. The molecule has 2 aromatic rings. The molecule has 1 unspecified atom stereocenters. The number of methoxy groups -OCH3 is 1. The van der Waals surface area contributed by atoms with Crippen molar-refractivity contribution in [3.8, 4) is 5.75 Å². The fraction of sp³-hybridized carbons (Fsp3) is 0.235. The normalized spacial score (nSPS) is 11.8. The molecule has 2 rings (SSSR count). The highest BCUT2D eigenvalue weighted by Gasteiger charge is 2.09. The van der Waals surface area contributed by atoms with Crippen LogP contribution in [0.4, 0.5) is 0 Å². The van der Waals surface area contributed by atoms with Crippen molar-refractivity contribution < 1.29 is 9.53 Å². The molecule has 0 aliphatic carbocycles. The number of thioether (sulfide) groups is 1. The van der Waals surface area contributed by atoms with E-state index in [1.807, 2.05) is 42.5 Å².